The van der Waals surface area contributed by atoms with Crippen LogP contribution < -0.4 is 14.4 Å². The lowest BCUT2D eigenvalue weighted by Gasteiger charge is -2.12. The second-order valence-electron chi connectivity index (χ2n) is 6.18. The smallest absolute Gasteiger partial charge is 0.244 e. The molecule has 0 aliphatic rings. The summed E-state index contributed by atoms with van der Waals surface area (Å²) < 4.78 is 32.9. The van der Waals surface area contributed by atoms with E-state index in [-0.39, 0.29) is 11.4 Å². The zero-order chi connectivity index (χ0) is 17.7. The first-order chi connectivity index (χ1) is 11.3. The van der Waals surface area contributed by atoms with Crippen molar-refractivity contribution in [1.82, 2.24) is 4.72 Å². The highest BCUT2D eigenvalue weighted by molar-refractivity contribution is 7.89. The molecule has 5 nitrogen and oxygen atoms in total. The Morgan fingerprint density at radius 3 is 2.25 bits per heavy atom. The Bertz CT molecular complexity index is 784. The molecule has 0 amide bonds. The fraction of sp³-hybridized carbons (Fsp3) is 0.333. The maximum absolute atomic E-state index is 12.6. The summed E-state index contributed by atoms with van der Waals surface area (Å²) in [5.41, 5.74) is 3.01. The van der Waals surface area contributed by atoms with Crippen LogP contribution in [0.2, 0.25) is 0 Å². The van der Waals surface area contributed by atoms with Crippen LogP contribution in [0, 0.1) is 6.92 Å². The van der Waals surface area contributed by atoms with E-state index in [2.05, 4.69) is 18.8 Å². The molecular weight excluding hydrogens is 324 g/mol. The third-order valence-electron chi connectivity index (χ3n) is 3.66. The molecule has 0 bridgehead atoms. The Balaban J connectivity index is 2.12. The molecule has 0 aliphatic heterocycles. The first-order valence-corrected chi connectivity index (χ1v) is 9.31. The summed E-state index contributed by atoms with van der Waals surface area (Å²) in [5.74, 6) is 0.345. The molecular formula is C18H25N2O3S+. The van der Waals surface area contributed by atoms with E-state index in [1.165, 1.54) is 17.6 Å². The van der Waals surface area contributed by atoms with Gasteiger partial charge in [0.1, 0.15) is 17.2 Å². The molecule has 0 atom stereocenters. The Morgan fingerprint density at radius 2 is 1.67 bits per heavy atom. The molecule has 6 heteroatoms. The molecule has 0 fully saturated rings. The van der Waals surface area contributed by atoms with Crippen LogP contribution in [0.4, 0.5) is 0 Å². The van der Waals surface area contributed by atoms with Crippen LogP contribution in [-0.2, 0) is 23.1 Å². The Labute approximate surface area is 144 Å². The first-order valence-electron chi connectivity index (χ1n) is 7.83. The van der Waals surface area contributed by atoms with Gasteiger partial charge in [0.25, 0.3) is 0 Å². The van der Waals surface area contributed by atoms with Gasteiger partial charge in [0.05, 0.1) is 21.2 Å². The lowest BCUT2D eigenvalue weighted by atomic mass is 10.1. The molecule has 0 aromatic heterocycles. The van der Waals surface area contributed by atoms with Crippen LogP contribution in [0.5, 0.6) is 5.75 Å². The monoisotopic (exact) mass is 349 g/mol. The third-order valence-corrected chi connectivity index (χ3v) is 5.08. The SMILES string of the molecule is COc1ccc(C)cc1S(=O)(=O)NCc1ccc(C[NH+](C)C)cc1. The van der Waals surface area contributed by atoms with E-state index >= 15 is 0 Å². The van der Waals surface area contributed by atoms with Crippen molar-refractivity contribution in [3.63, 3.8) is 0 Å². The summed E-state index contributed by atoms with van der Waals surface area (Å²) in [6, 6.07) is 13.1. The number of rotatable bonds is 7. The predicted octanol–water partition coefficient (Wildman–Crippen LogP) is 1.13. The molecule has 0 saturated heterocycles. The van der Waals surface area contributed by atoms with Gasteiger partial charge >= 0.3 is 0 Å². The summed E-state index contributed by atoms with van der Waals surface area (Å²) >= 11 is 0. The van der Waals surface area contributed by atoms with Gasteiger partial charge < -0.3 is 9.64 Å². The molecule has 2 N–H and O–H groups in total. The minimum absolute atomic E-state index is 0.165. The van der Waals surface area contributed by atoms with Crippen LogP contribution in [0.25, 0.3) is 0 Å². The van der Waals surface area contributed by atoms with E-state index in [4.69, 9.17) is 4.74 Å². The highest BCUT2D eigenvalue weighted by Crippen LogP contribution is 2.24. The van der Waals surface area contributed by atoms with Crippen molar-refractivity contribution in [3.05, 3.63) is 59.2 Å². The van der Waals surface area contributed by atoms with E-state index in [0.29, 0.717) is 5.75 Å². The van der Waals surface area contributed by atoms with Crippen LogP contribution in [-0.4, -0.2) is 29.6 Å². The first kappa shape index (κ1) is 18.4. The van der Waals surface area contributed by atoms with Gasteiger partial charge in [-0.25, -0.2) is 13.1 Å². The number of aryl methyl sites for hydroxylation is 1. The van der Waals surface area contributed by atoms with Crippen LogP contribution in [0.15, 0.2) is 47.4 Å². The Hall–Kier alpha value is -1.89. The van der Waals surface area contributed by atoms with Crippen LogP contribution >= 0.6 is 0 Å². The maximum Gasteiger partial charge on any atom is 0.244 e. The molecule has 0 spiro atoms. The van der Waals surface area contributed by atoms with Crippen molar-refractivity contribution < 1.29 is 18.1 Å². The van der Waals surface area contributed by atoms with Gasteiger partial charge in [-0.2, -0.15) is 0 Å². The molecule has 2 aromatic carbocycles. The number of benzene rings is 2. The summed E-state index contributed by atoms with van der Waals surface area (Å²) in [6.07, 6.45) is 0. The normalized spacial score (nSPS) is 11.7. The van der Waals surface area contributed by atoms with Crippen molar-refractivity contribution in [2.45, 2.75) is 24.9 Å². The number of nitrogens with one attached hydrogen (secondary N) is 2. The van der Waals surface area contributed by atoms with Crippen molar-refractivity contribution in [2.75, 3.05) is 21.2 Å². The quantitative estimate of drug-likeness (QED) is 0.788. The van der Waals surface area contributed by atoms with E-state index in [0.717, 1.165) is 17.7 Å². The minimum atomic E-state index is -3.63. The second kappa shape index (κ2) is 7.79. The lowest BCUT2D eigenvalue weighted by molar-refractivity contribution is -0.872. The van der Waals surface area contributed by atoms with E-state index < -0.39 is 10.0 Å². The van der Waals surface area contributed by atoms with Gasteiger partial charge in [-0.1, -0.05) is 30.3 Å². The van der Waals surface area contributed by atoms with E-state index in [9.17, 15) is 8.42 Å². The van der Waals surface area contributed by atoms with Crippen LogP contribution in [0.1, 0.15) is 16.7 Å². The van der Waals surface area contributed by atoms with Gasteiger partial charge in [-0.3, -0.25) is 0 Å². The topological polar surface area (TPSA) is 59.8 Å². The molecule has 0 saturated carbocycles. The van der Waals surface area contributed by atoms with Crippen molar-refractivity contribution in [1.29, 1.82) is 0 Å². The molecule has 0 heterocycles. The zero-order valence-corrected chi connectivity index (χ0v) is 15.4. The largest absolute Gasteiger partial charge is 0.495 e. The fourth-order valence-corrected chi connectivity index (χ4v) is 3.70. The lowest BCUT2D eigenvalue weighted by Crippen LogP contribution is -3.04. The summed E-state index contributed by atoms with van der Waals surface area (Å²) in [7, 11) is 2.02. The highest BCUT2D eigenvalue weighted by atomic mass is 32.2. The van der Waals surface area contributed by atoms with E-state index in [1.54, 1.807) is 12.1 Å². The average Bonchev–Trinajstić information content (AvgIpc) is 2.54. The predicted molar refractivity (Wildman–Crippen MR) is 94.7 cm³/mol. The number of hydrogen-bond donors (Lipinski definition) is 2. The minimum Gasteiger partial charge on any atom is -0.495 e. The molecule has 2 aromatic rings. The standard InChI is InChI=1S/C18H24N2O3S/c1-14-5-10-17(23-4)18(11-14)24(21,22)19-12-15-6-8-16(9-7-15)13-20(2)3/h5-11,19H,12-13H2,1-4H3/p+1. The van der Waals surface area contributed by atoms with E-state index in [1.807, 2.05) is 37.3 Å². The highest BCUT2D eigenvalue weighted by Gasteiger charge is 2.19. The fourth-order valence-electron chi connectivity index (χ4n) is 2.43. The molecule has 130 valence electrons. The summed E-state index contributed by atoms with van der Waals surface area (Å²) in [5, 5.41) is 0. The Kier molecular flexibility index (Phi) is 5.99. The van der Waals surface area contributed by atoms with Crippen molar-refractivity contribution in [3.8, 4) is 5.75 Å². The summed E-state index contributed by atoms with van der Waals surface area (Å²) in [6.45, 7) is 3.03. The van der Waals surface area contributed by atoms with Crippen LogP contribution in [0.3, 0.4) is 0 Å². The summed E-state index contributed by atoms with van der Waals surface area (Å²) in [4.78, 5) is 1.51. The number of quaternary nitrogens is 1. The average molecular weight is 349 g/mol. The maximum atomic E-state index is 12.6. The molecule has 0 radical (unpaired) electrons. The molecule has 2 rings (SSSR count). The zero-order valence-electron chi connectivity index (χ0n) is 14.6. The number of methoxy groups -OCH3 is 1. The molecule has 0 aliphatic carbocycles. The van der Waals surface area contributed by atoms with Gasteiger partial charge in [-0.05, 0) is 30.2 Å². The Morgan fingerprint density at radius 1 is 1.04 bits per heavy atom. The molecule has 0 unspecified atom stereocenters. The second-order valence-corrected chi connectivity index (χ2v) is 7.91. The number of sulfonamides is 1. The van der Waals surface area contributed by atoms with Gasteiger partial charge in [0.15, 0.2) is 0 Å². The number of ether oxygens (including phenoxy) is 1. The number of hydrogen-bond acceptors (Lipinski definition) is 3. The van der Waals surface area contributed by atoms with Gasteiger partial charge in [0.2, 0.25) is 10.0 Å². The van der Waals surface area contributed by atoms with Crippen molar-refractivity contribution in [2.24, 2.45) is 0 Å². The van der Waals surface area contributed by atoms with Gasteiger partial charge in [0, 0.05) is 12.1 Å². The van der Waals surface area contributed by atoms with Gasteiger partial charge in [-0.15, -0.1) is 0 Å². The molecule has 24 heavy (non-hydrogen) atoms. The van der Waals surface area contributed by atoms with Crippen molar-refractivity contribution >= 4 is 10.0 Å². The third kappa shape index (κ3) is 4.80.